The molecule has 2 rings (SSSR count). The average Bonchev–Trinajstić information content (AvgIpc) is 2.96. The molecule has 1 saturated carbocycles. The van der Waals surface area contributed by atoms with E-state index in [9.17, 15) is 4.39 Å². The van der Waals surface area contributed by atoms with Crippen molar-refractivity contribution in [3.8, 4) is 0 Å². The largest absolute Gasteiger partial charge is 0.311 e. The van der Waals surface area contributed by atoms with Gasteiger partial charge in [-0.25, -0.2) is 4.39 Å². The molecule has 94 valence electrons. The predicted octanol–water partition coefficient (Wildman–Crippen LogP) is 3.53. The van der Waals surface area contributed by atoms with Gasteiger partial charge in [-0.15, -0.1) is 0 Å². The highest BCUT2D eigenvalue weighted by molar-refractivity contribution is 5.17. The number of benzene rings is 1. The minimum Gasteiger partial charge on any atom is -0.311 e. The van der Waals surface area contributed by atoms with Crippen molar-refractivity contribution in [2.45, 2.75) is 51.6 Å². The van der Waals surface area contributed by atoms with Crippen LogP contribution in [0.4, 0.5) is 4.39 Å². The maximum Gasteiger partial charge on any atom is 0.123 e. The molecule has 1 aliphatic carbocycles. The van der Waals surface area contributed by atoms with E-state index in [-0.39, 0.29) is 5.82 Å². The molecule has 17 heavy (non-hydrogen) atoms. The van der Waals surface area contributed by atoms with Crippen molar-refractivity contribution in [1.29, 1.82) is 0 Å². The second-order valence-electron chi connectivity index (χ2n) is 5.29. The highest BCUT2D eigenvalue weighted by Gasteiger charge is 2.36. The molecule has 0 radical (unpaired) electrons. The zero-order valence-corrected chi connectivity index (χ0v) is 10.7. The molecular weight excluding hydrogens is 213 g/mol. The van der Waals surface area contributed by atoms with Gasteiger partial charge in [0.05, 0.1) is 0 Å². The molecule has 0 aliphatic heterocycles. The van der Waals surface area contributed by atoms with Gasteiger partial charge in [0.2, 0.25) is 0 Å². The minimum atomic E-state index is -0.134. The van der Waals surface area contributed by atoms with E-state index in [0.717, 1.165) is 17.9 Å². The summed E-state index contributed by atoms with van der Waals surface area (Å²) in [6.07, 6.45) is 4.85. The lowest BCUT2D eigenvalue weighted by Gasteiger charge is -2.14. The summed E-state index contributed by atoms with van der Waals surface area (Å²) in [5.74, 6) is 0.750. The maximum absolute atomic E-state index is 13.0. The summed E-state index contributed by atoms with van der Waals surface area (Å²) < 4.78 is 13.0. The summed E-state index contributed by atoms with van der Waals surface area (Å²) in [7, 11) is 0. The predicted molar refractivity (Wildman–Crippen MR) is 69.5 cm³/mol. The molecule has 2 heteroatoms. The first-order valence-corrected chi connectivity index (χ1v) is 6.69. The van der Waals surface area contributed by atoms with Gasteiger partial charge in [-0.2, -0.15) is 0 Å². The molecule has 0 spiro atoms. The van der Waals surface area contributed by atoms with Crippen molar-refractivity contribution in [3.63, 3.8) is 0 Å². The summed E-state index contributed by atoms with van der Waals surface area (Å²) >= 11 is 0. The van der Waals surface area contributed by atoms with E-state index in [0.29, 0.717) is 12.1 Å². The monoisotopic (exact) mass is 235 g/mol. The fraction of sp³-hybridized carbons (Fsp3) is 0.600. The minimum absolute atomic E-state index is 0.134. The number of hydrogen-bond donors (Lipinski definition) is 1. The molecule has 1 aromatic rings. The molecule has 0 amide bonds. The summed E-state index contributed by atoms with van der Waals surface area (Å²) in [6, 6.07) is 8.06. The molecule has 1 nitrogen and oxygen atoms in total. The Labute approximate surface area is 103 Å². The molecule has 0 saturated heterocycles. The van der Waals surface area contributed by atoms with E-state index >= 15 is 0 Å². The van der Waals surface area contributed by atoms with Crippen molar-refractivity contribution >= 4 is 0 Å². The van der Waals surface area contributed by atoms with E-state index in [4.69, 9.17) is 0 Å². The zero-order chi connectivity index (χ0) is 12.3. The van der Waals surface area contributed by atoms with Crippen molar-refractivity contribution in [2.24, 2.45) is 5.92 Å². The molecule has 0 bridgehead atoms. The molecule has 3 unspecified atom stereocenters. The third-order valence-corrected chi connectivity index (χ3v) is 3.51. The molecule has 3 atom stereocenters. The summed E-state index contributed by atoms with van der Waals surface area (Å²) in [5, 5.41) is 3.63. The van der Waals surface area contributed by atoms with Crippen molar-refractivity contribution < 1.29 is 4.39 Å². The SMILES string of the molecule is CCCC1CC1NC(C)Cc1cccc(F)c1. The number of halogens is 1. The molecule has 1 N–H and O–H groups in total. The quantitative estimate of drug-likeness (QED) is 0.795. The smallest absolute Gasteiger partial charge is 0.123 e. The first kappa shape index (κ1) is 12.6. The summed E-state index contributed by atoms with van der Waals surface area (Å²) in [5.41, 5.74) is 1.08. The van der Waals surface area contributed by atoms with Crippen LogP contribution in [0.2, 0.25) is 0 Å². The van der Waals surface area contributed by atoms with Crippen LogP contribution in [0.25, 0.3) is 0 Å². The fourth-order valence-corrected chi connectivity index (χ4v) is 2.58. The Morgan fingerprint density at radius 2 is 2.29 bits per heavy atom. The van der Waals surface area contributed by atoms with Crippen molar-refractivity contribution in [3.05, 3.63) is 35.6 Å². The van der Waals surface area contributed by atoms with Crippen LogP contribution < -0.4 is 5.32 Å². The van der Waals surface area contributed by atoms with Gasteiger partial charge in [0.25, 0.3) is 0 Å². The second-order valence-corrected chi connectivity index (χ2v) is 5.29. The standard InChI is InChI=1S/C15H22FN/c1-3-5-13-10-15(13)17-11(2)8-12-6-4-7-14(16)9-12/h4,6-7,9,11,13,15,17H,3,5,8,10H2,1-2H3. The third kappa shape index (κ3) is 3.81. The van der Waals surface area contributed by atoms with Crippen molar-refractivity contribution in [1.82, 2.24) is 5.32 Å². The fourth-order valence-electron chi connectivity index (χ4n) is 2.58. The number of nitrogens with one attached hydrogen (secondary N) is 1. The molecule has 1 aromatic carbocycles. The average molecular weight is 235 g/mol. The summed E-state index contributed by atoms with van der Waals surface area (Å²) in [4.78, 5) is 0. The Balaban J connectivity index is 1.76. The van der Waals surface area contributed by atoms with Crippen LogP contribution in [-0.4, -0.2) is 12.1 Å². The van der Waals surface area contributed by atoms with Gasteiger partial charge in [-0.3, -0.25) is 0 Å². The van der Waals surface area contributed by atoms with Gasteiger partial charge in [-0.05, 0) is 49.8 Å². The first-order chi connectivity index (χ1) is 8.19. The lowest BCUT2D eigenvalue weighted by molar-refractivity contribution is 0.509. The first-order valence-electron chi connectivity index (χ1n) is 6.69. The molecule has 0 aromatic heterocycles. The number of rotatable bonds is 6. The highest BCUT2D eigenvalue weighted by Crippen LogP contribution is 2.34. The zero-order valence-electron chi connectivity index (χ0n) is 10.7. The van der Waals surface area contributed by atoms with Gasteiger partial charge in [0, 0.05) is 12.1 Å². The van der Waals surface area contributed by atoms with Gasteiger partial charge in [-0.1, -0.05) is 25.5 Å². The van der Waals surface area contributed by atoms with Crippen LogP contribution in [0.5, 0.6) is 0 Å². The van der Waals surface area contributed by atoms with Crippen LogP contribution >= 0.6 is 0 Å². The Bertz CT molecular complexity index is 364. The second kappa shape index (κ2) is 5.63. The normalized spacial score (nSPS) is 24.6. The van der Waals surface area contributed by atoms with Crippen LogP contribution in [0.15, 0.2) is 24.3 Å². The van der Waals surface area contributed by atoms with E-state index in [1.54, 1.807) is 12.1 Å². The van der Waals surface area contributed by atoms with Crippen LogP contribution in [0.1, 0.15) is 38.7 Å². The molecular formula is C15H22FN. The Hall–Kier alpha value is -0.890. The van der Waals surface area contributed by atoms with Crippen LogP contribution in [0, 0.1) is 11.7 Å². The molecule has 0 heterocycles. The van der Waals surface area contributed by atoms with Gasteiger partial charge in [0.15, 0.2) is 0 Å². The number of hydrogen-bond acceptors (Lipinski definition) is 1. The topological polar surface area (TPSA) is 12.0 Å². The van der Waals surface area contributed by atoms with Gasteiger partial charge >= 0.3 is 0 Å². The molecule has 1 fully saturated rings. The van der Waals surface area contributed by atoms with Crippen molar-refractivity contribution in [2.75, 3.05) is 0 Å². The maximum atomic E-state index is 13.0. The van der Waals surface area contributed by atoms with E-state index in [1.807, 2.05) is 6.07 Å². The third-order valence-electron chi connectivity index (χ3n) is 3.51. The van der Waals surface area contributed by atoms with Crippen LogP contribution in [0.3, 0.4) is 0 Å². The lowest BCUT2D eigenvalue weighted by atomic mass is 10.1. The highest BCUT2D eigenvalue weighted by atomic mass is 19.1. The van der Waals surface area contributed by atoms with E-state index in [2.05, 4.69) is 19.2 Å². The Morgan fingerprint density at radius 1 is 1.47 bits per heavy atom. The van der Waals surface area contributed by atoms with E-state index < -0.39 is 0 Å². The summed E-state index contributed by atoms with van der Waals surface area (Å²) in [6.45, 7) is 4.43. The van der Waals surface area contributed by atoms with Gasteiger partial charge in [0.1, 0.15) is 5.82 Å². The van der Waals surface area contributed by atoms with Crippen LogP contribution in [-0.2, 0) is 6.42 Å². The lowest BCUT2D eigenvalue weighted by Crippen LogP contribution is -2.31. The Kier molecular flexibility index (Phi) is 4.16. The van der Waals surface area contributed by atoms with Gasteiger partial charge < -0.3 is 5.32 Å². The Morgan fingerprint density at radius 3 is 3.00 bits per heavy atom. The van der Waals surface area contributed by atoms with E-state index in [1.165, 1.54) is 25.3 Å². The molecule has 1 aliphatic rings.